The molecule has 0 spiro atoms. The molecule has 3 aromatic rings. The van der Waals surface area contributed by atoms with Crippen molar-refractivity contribution in [3.05, 3.63) is 59.2 Å². The lowest BCUT2D eigenvalue weighted by molar-refractivity contribution is 0.101. The van der Waals surface area contributed by atoms with Crippen molar-refractivity contribution in [2.24, 2.45) is 0 Å². The van der Waals surface area contributed by atoms with Crippen LogP contribution in [0.25, 0.3) is 10.9 Å². The Bertz CT molecular complexity index is 734. The maximum atomic E-state index is 12.4. The van der Waals surface area contributed by atoms with Crippen LogP contribution in [0.5, 0.6) is 0 Å². The molecule has 3 heteroatoms. The molecule has 0 bridgehead atoms. The molecular formula is C15H13NO2. The van der Waals surface area contributed by atoms with Gasteiger partial charge in [0.25, 0.3) is 0 Å². The summed E-state index contributed by atoms with van der Waals surface area (Å²) in [5, 5.41) is 0.971. The minimum absolute atomic E-state index is 0.0713. The third kappa shape index (κ3) is 1.48. The van der Waals surface area contributed by atoms with Gasteiger partial charge in [0, 0.05) is 17.1 Å². The third-order valence-electron chi connectivity index (χ3n) is 3.23. The van der Waals surface area contributed by atoms with Gasteiger partial charge in [-0.15, -0.1) is 0 Å². The van der Waals surface area contributed by atoms with Crippen molar-refractivity contribution in [3.63, 3.8) is 0 Å². The zero-order valence-corrected chi connectivity index (χ0v) is 10.3. The number of carbonyl (C=O) groups is 1. The van der Waals surface area contributed by atoms with Gasteiger partial charge < -0.3 is 9.40 Å². The smallest absolute Gasteiger partial charge is 0.230 e. The standard InChI is InChI=1S/C15H13NO2/c1-9-4-3-5-12-13(9)11(8-16-12)14(17)15-10(2)6-7-18-15/h3-8,16H,1-2H3. The van der Waals surface area contributed by atoms with Gasteiger partial charge in [-0.1, -0.05) is 12.1 Å². The predicted octanol–water partition coefficient (Wildman–Crippen LogP) is 3.61. The summed E-state index contributed by atoms with van der Waals surface area (Å²) >= 11 is 0. The average molecular weight is 239 g/mol. The lowest BCUT2D eigenvalue weighted by Crippen LogP contribution is -2.00. The number of aromatic amines is 1. The van der Waals surface area contributed by atoms with Crippen LogP contribution in [0.3, 0.4) is 0 Å². The first-order valence-corrected chi connectivity index (χ1v) is 5.84. The van der Waals surface area contributed by atoms with E-state index in [2.05, 4.69) is 4.98 Å². The van der Waals surface area contributed by atoms with E-state index in [0.29, 0.717) is 11.3 Å². The summed E-state index contributed by atoms with van der Waals surface area (Å²) in [4.78, 5) is 15.6. The van der Waals surface area contributed by atoms with E-state index < -0.39 is 0 Å². The Kier molecular flexibility index (Phi) is 2.33. The van der Waals surface area contributed by atoms with Crippen molar-refractivity contribution < 1.29 is 9.21 Å². The maximum absolute atomic E-state index is 12.4. The fourth-order valence-corrected chi connectivity index (χ4v) is 2.27. The van der Waals surface area contributed by atoms with Gasteiger partial charge in [0.1, 0.15) is 0 Å². The normalized spacial score (nSPS) is 11.0. The Balaban J connectivity index is 2.22. The second-order valence-electron chi connectivity index (χ2n) is 4.46. The van der Waals surface area contributed by atoms with Crippen LogP contribution >= 0.6 is 0 Å². The van der Waals surface area contributed by atoms with E-state index in [-0.39, 0.29) is 5.78 Å². The Morgan fingerprint density at radius 3 is 2.72 bits per heavy atom. The van der Waals surface area contributed by atoms with E-state index in [1.807, 2.05) is 32.0 Å². The third-order valence-corrected chi connectivity index (χ3v) is 3.23. The van der Waals surface area contributed by atoms with Gasteiger partial charge >= 0.3 is 0 Å². The van der Waals surface area contributed by atoms with Crippen molar-refractivity contribution in [2.45, 2.75) is 13.8 Å². The Labute approximate surface area is 104 Å². The van der Waals surface area contributed by atoms with E-state index in [4.69, 9.17) is 4.42 Å². The Hall–Kier alpha value is -2.29. The molecular weight excluding hydrogens is 226 g/mol. The zero-order valence-electron chi connectivity index (χ0n) is 10.3. The number of furan rings is 1. The number of aryl methyl sites for hydroxylation is 2. The van der Waals surface area contributed by atoms with Crippen molar-refractivity contribution in [1.29, 1.82) is 0 Å². The largest absolute Gasteiger partial charge is 0.461 e. The zero-order chi connectivity index (χ0) is 12.7. The number of fused-ring (bicyclic) bond motifs is 1. The number of H-pyrrole nitrogens is 1. The second-order valence-corrected chi connectivity index (χ2v) is 4.46. The quantitative estimate of drug-likeness (QED) is 0.694. The molecule has 0 aliphatic carbocycles. The number of benzene rings is 1. The predicted molar refractivity (Wildman–Crippen MR) is 69.9 cm³/mol. The topological polar surface area (TPSA) is 46.0 Å². The highest BCUT2D eigenvalue weighted by Crippen LogP contribution is 2.25. The van der Waals surface area contributed by atoms with E-state index in [9.17, 15) is 4.79 Å². The lowest BCUT2D eigenvalue weighted by atomic mass is 10.0. The highest BCUT2D eigenvalue weighted by molar-refractivity contribution is 6.16. The first-order chi connectivity index (χ1) is 8.68. The molecule has 0 atom stereocenters. The summed E-state index contributed by atoms with van der Waals surface area (Å²) in [6.07, 6.45) is 3.30. The summed E-state index contributed by atoms with van der Waals surface area (Å²) in [6, 6.07) is 7.74. The van der Waals surface area contributed by atoms with Gasteiger partial charge in [0.05, 0.1) is 11.8 Å². The molecule has 0 radical (unpaired) electrons. The fraction of sp³-hybridized carbons (Fsp3) is 0.133. The average Bonchev–Trinajstić information content (AvgIpc) is 2.95. The van der Waals surface area contributed by atoms with Gasteiger partial charge in [-0.2, -0.15) is 0 Å². The first-order valence-electron chi connectivity index (χ1n) is 5.84. The highest BCUT2D eigenvalue weighted by atomic mass is 16.3. The molecule has 0 fully saturated rings. The minimum atomic E-state index is -0.0713. The number of carbonyl (C=O) groups excluding carboxylic acids is 1. The molecule has 0 amide bonds. The molecule has 0 unspecified atom stereocenters. The molecule has 2 aromatic heterocycles. The molecule has 3 rings (SSSR count). The summed E-state index contributed by atoms with van der Waals surface area (Å²) < 4.78 is 5.28. The number of rotatable bonds is 2. The van der Waals surface area contributed by atoms with Crippen LogP contribution in [0, 0.1) is 13.8 Å². The fourth-order valence-electron chi connectivity index (χ4n) is 2.27. The molecule has 0 saturated heterocycles. The van der Waals surface area contributed by atoms with Crippen LogP contribution in [0.1, 0.15) is 27.2 Å². The Morgan fingerprint density at radius 2 is 2.00 bits per heavy atom. The van der Waals surface area contributed by atoms with Crippen LogP contribution < -0.4 is 0 Å². The number of hydrogen-bond donors (Lipinski definition) is 1. The molecule has 1 aromatic carbocycles. The number of hydrogen-bond acceptors (Lipinski definition) is 2. The van der Waals surface area contributed by atoms with E-state index >= 15 is 0 Å². The van der Waals surface area contributed by atoms with Crippen LogP contribution in [0.15, 0.2) is 41.1 Å². The van der Waals surface area contributed by atoms with Gasteiger partial charge in [0.15, 0.2) is 5.76 Å². The summed E-state index contributed by atoms with van der Waals surface area (Å²) in [5.74, 6) is 0.345. The van der Waals surface area contributed by atoms with Crippen molar-refractivity contribution in [1.82, 2.24) is 4.98 Å². The van der Waals surface area contributed by atoms with Crippen molar-refractivity contribution in [2.75, 3.05) is 0 Å². The maximum Gasteiger partial charge on any atom is 0.230 e. The van der Waals surface area contributed by atoms with Crippen LogP contribution in [0.4, 0.5) is 0 Å². The van der Waals surface area contributed by atoms with E-state index in [0.717, 1.165) is 22.0 Å². The number of ketones is 1. The number of aromatic nitrogens is 1. The molecule has 2 heterocycles. The second kappa shape index (κ2) is 3.88. The lowest BCUT2D eigenvalue weighted by Gasteiger charge is -2.00. The van der Waals surface area contributed by atoms with Gasteiger partial charge in [-0.25, -0.2) is 0 Å². The SMILES string of the molecule is Cc1ccoc1C(=O)c1c[nH]c2cccc(C)c12. The molecule has 1 N–H and O–H groups in total. The molecule has 0 aliphatic heterocycles. The summed E-state index contributed by atoms with van der Waals surface area (Å²) in [5.41, 5.74) is 3.59. The van der Waals surface area contributed by atoms with Crippen LogP contribution in [-0.4, -0.2) is 10.8 Å². The van der Waals surface area contributed by atoms with E-state index in [1.165, 1.54) is 0 Å². The summed E-state index contributed by atoms with van der Waals surface area (Å²) in [6.45, 7) is 3.88. The van der Waals surface area contributed by atoms with Crippen LogP contribution in [0.2, 0.25) is 0 Å². The van der Waals surface area contributed by atoms with Crippen molar-refractivity contribution in [3.8, 4) is 0 Å². The molecule has 90 valence electrons. The number of nitrogens with one attached hydrogen (secondary N) is 1. The monoisotopic (exact) mass is 239 g/mol. The van der Waals surface area contributed by atoms with Gasteiger partial charge in [0.2, 0.25) is 5.78 Å². The van der Waals surface area contributed by atoms with E-state index in [1.54, 1.807) is 18.5 Å². The Morgan fingerprint density at radius 1 is 1.17 bits per heavy atom. The van der Waals surface area contributed by atoms with Crippen molar-refractivity contribution >= 4 is 16.7 Å². The highest BCUT2D eigenvalue weighted by Gasteiger charge is 2.19. The molecule has 0 saturated carbocycles. The van der Waals surface area contributed by atoms with Gasteiger partial charge in [-0.05, 0) is 37.1 Å². The van der Waals surface area contributed by atoms with Gasteiger partial charge in [-0.3, -0.25) is 4.79 Å². The minimum Gasteiger partial charge on any atom is -0.461 e. The molecule has 0 aliphatic rings. The molecule has 18 heavy (non-hydrogen) atoms. The first kappa shape index (κ1) is 10.8. The molecule has 3 nitrogen and oxygen atoms in total. The summed E-state index contributed by atoms with van der Waals surface area (Å²) in [7, 11) is 0. The van der Waals surface area contributed by atoms with Crippen LogP contribution in [-0.2, 0) is 0 Å².